The van der Waals surface area contributed by atoms with E-state index in [9.17, 15) is 9.59 Å². The summed E-state index contributed by atoms with van der Waals surface area (Å²) in [7, 11) is 0. The number of aryl methyl sites for hydroxylation is 2. The van der Waals surface area contributed by atoms with Crippen molar-refractivity contribution >= 4 is 23.4 Å². The van der Waals surface area contributed by atoms with Crippen molar-refractivity contribution in [2.45, 2.75) is 27.7 Å². The SMILES string of the molecule is Cc1cc(OCC(=O)NCCNC(=O)C(C)C)cc(C)c1Cl. The molecule has 122 valence electrons. The predicted octanol–water partition coefficient (Wildman–Crippen LogP) is 2.22. The highest BCUT2D eigenvalue weighted by Gasteiger charge is 2.07. The number of hydrogen-bond acceptors (Lipinski definition) is 3. The Morgan fingerprint density at radius 3 is 2.23 bits per heavy atom. The van der Waals surface area contributed by atoms with Crippen molar-refractivity contribution in [2.75, 3.05) is 19.7 Å². The number of hydrogen-bond donors (Lipinski definition) is 2. The number of carbonyl (C=O) groups is 2. The second-order valence-corrected chi connectivity index (χ2v) is 5.83. The van der Waals surface area contributed by atoms with Gasteiger partial charge in [-0.2, -0.15) is 0 Å². The third-order valence-corrected chi connectivity index (χ3v) is 3.65. The number of halogens is 1. The van der Waals surface area contributed by atoms with Crippen molar-refractivity contribution < 1.29 is 14.3 Å². The summed E-state index contributed by atoms with van der Waals surface area (Å²) in [5, 5.41) is 6.11. The summed E-state index contributed by atoms with van der Waals surface area (Å²) < 4.78 is 5.44. The van der Waals surface area contributed by atoms with Gasteiger partial charge in [-0.15, -0.1) is 0 Å². The van der Waals surface area contributed by atoms with Gasteiger partial charge < -0.3 is 15.4 Å². The van der Waals surface area contributed by atoms with Crippen LogP contribution in [0.3, 0.4) is 0 Å². The predicted molar refractivity (Wildman–Crippen MR) is 87.3 cm³/mol. The van der Waals surface area contributed by atoms with E-state index in [1.807, 2.05) is 27.7 Å². The maximum Gasteiger partial charge on any atom is 0.258 e. The van der Waals surface area contributed by atoms with Crippen LogP contribution >= 0.6 is 11.6 Å². The zero-order chi connectivity index (χ0) is 16.7. The van der Waals surface area contributed by atoms with Crippen LogP contribution < -0.4 is 15.4 Å². The Bertz CT molecular complexity index is 521. The largest absolute Gasteiger partial charge is 0.484 e. The highest BCUT2D eigenvalue weighted by atomic mass is 35.5. The van der Waals surface area contributed by atoms with Crippen molar-refractivity contribution in [3.63, 3.8) is 0 Å². The zero-order valence-corrected chi connectivity index (χ0v) is 14.2. The number of nitrogens with one attached hydrogen (secondary N) is 2. The van der Waals surface area contributed by atoms with Gasteiger partial charge in [0.05, 0.1) is 0 Å². The van der Waals surface area contributed by atoms with Crippen LogP contribution in [0, 0.1) is 19.8 Å². The lowest BCUT2D eigenvalue weighted by Gasteiger charge is -2.11. The molecule has 0 saturated carbocycles. The normalized spacial score (nSPS) is 10.5. The molecule has 0 unspecified atom stereocenters. The van der Waals surface area contributed by atoms with Crippen LogP contribution in [0.1, 0.15) is 25.0 Å². The van der Waals surface area contributed by atoms with E-state index in [2.05, 4.69) is 10.6 Å². The lowest BCUT2D eigenvalue weighted by atomic mass is 10.1. The Labute approximate surface area is 136 Å². The van der Waals surface area contributed by atoms with Gasteiger partial charge in [0, 0.05) is 24.0 Å². The Morgan fingerprint density at radius 1 is 1.14 bits per heavy atom. The summed E-state index contributed by atoms with van der Waals surface area (Å²) in [6.45, 7) is 8.12. The molecule has 2 N–H and O–H groups in total. The van der Waals surface area contributed by atoms with E-state index in [1.54, 1.807) is 12.1 Å². The molecular formula is C16H23ClN2O3. The van der Waals surface area contributed by atoms with Gasteiger partial charge in [0.15, 0.2) is 6.61 Å². The van der Waals surface area contributed by atoms with Crippen LogP contribution in [0.15, 0.2) is 12.1 Å². The highest BCUT2D eigenvalue weighted by molar-refractivity contribution is 6.32. The van der Waals surface area contributed by atoms with Crippen molar-refractivity contribution in [1.29, 1.82) is 0 Å². The Hall–Kier alpha value is -1.75. The van der Waals surface area contributed by atoms with E-state index in [4.69, 9.17) is 16.3 Å². The first-order valence-corrected chi connectivity index (χ1v) is 7.63. The molecule has 6 heteroatoms. The zero-order valence-electron chi connectivity index (χ0n) is 13.5. The van der Waals surface area contributed by atoms with E-state index in [0.717, 1.165) is 11.1 Å². The molecule has 0 radical (unpaired) electrons. The molecule has 1 rings (SSSR count). The van der Waals surface area contributed by atoms with Gasteiger partial charge >= 0.3 is 0 Å². The molecular weight excluding hydrogens is 304 g/mol. The second-order valence-electron chi connectivity index (χ2n) is 5.46. The van der Waals surface area contributed by atoms with E-state index in [-0.39, 0.29) is 24.3 Å². The Morgan fingerprint density at radius 2 is 1.68 bits per heavy atom. The monoisotopic (exact) mass is 326 g/mol. The number of rotatable bonds is 7. The first-order valence-electron chi connectivity index (χ1n) is 7.25. The summed E-state index contributed by atoms with van der Waals surface area (Å²) in [5.41, 5.74) is 1.82. The fraction of sp³-hybridized carbons (Fsp3) is 0.500. The minimum atomic E-state index is -0.232. The van der Waals surface area contributed by atoms with E-state index in [1.165, 1.54) is 0 Å². The number of carbonyl (C=O) groups excluding carboxylic acids is 2. The van der Waals surface area contributed by atoms with Gasteiger partial charge in [0.2, 0.25) is 5.91 Å². The molecule has 0 aromatic heterocycles. The summed E-state index contributed by atoms with van der Waals surface area (Å²) in [6, 6.07) is 3.59. The molecule has 0 aliphatic heterocycles. The molecule has 0 atom stereocenters. The summed E-state index contributed by atoms with van der Waals surface area (Å²) in [6.07, 6.45) is 0. The average molecular weight is 327 g/mol. The van der Waals surface area contributed by atoms with Crippen LogP contribution in [0.2, 0.25) is 5.02 Å². The van der Waals surface area contributed by atoms with Gasteiger partial charge in [-0.05, 0) is 37.1 Å². The van der Waals surface area contributed by atoms with Crippen molar-refractivity contribution in [3.8, 4) is 5.75 Å². The molecule has 0 heterocycles. The van der Waals surface area contributed by atoms with Crippen molar-refractivity contribution in [2.24, 2.45) is 5.92 Å². The van der Waals surface area contributed by atoms with Crippen molar-refractivity contribution in [3.05, 3.63) is 28.3 Å². The third kappa shape index (κ3) is 5.93. The van der Waals surface area contributed by atoms with Crippen LogP contribution in [-0.2, 0) is 9.59 Å². The first-order chi connectivity index (χ1) is 10.3. The number of amides is 2. The fourth-order valence-electron chi connectivity index (χ4n) is 1.78. The van der Waals surface area contributed by atoms with E-state index < -0.39 is 0 Å². The summed E-state index contributed by atoms with van der Waals surface area (Å²) >= 11 is 6.08. The Balaban J connectivity index is 2.30. The molecule has 0 saturated heterocycles. The van der Waals surface area contributed by atoms with Gasteiger partial charge in [0.25, 0.3) is 5.91 Å². The highest BCUT2D eigenvalue weighted by Crippen LogP contribution is 2.25. The molecule has 2 amide bonds. The van der Waals surface area contributed by atoms with E-state index in [0.29, 0.717) is 23.9 Å². The molecule has 0 fully saturated rings. The lowest BCUT2D eigenvalue weighted by Crippen LogP contribution is -2.38. The van der Waals surface area contributed by atoms with Gasteiger partial charge in [-0.3, -0.25) is 9.59 Å². The smallest absolute Gasteiger partial charge is 0.258 e. The first kappa shape index (κ1) is 18.3. The van der Waals surface area contributed by atoms with Crippen LogP contribution in [0.4, 0.5) is 0 Å². The summed E-state index contributed by atoms with van der Waals surface area (Å²) in [4.78, 5) is 23.0. The lowest BCUT2D eigenvalue weighted by molar-refractivity contribution is -0.125. The van der Waals surface area contributed by atoms with E-state index >= 15 is 0 Å². The number of ether oxygens (including phenoxy) is 1. The standard InChI is InChI=1S/C16H23ClN2O3/c1-10(2)16(21)19-6-5-18-14(20)9-22-13-7-11(3)15(17)12(4)8-13/h7-8,10H,5-6,9H2,1-4H3,(H,18,20)(H,19,21). The summed E-state index contributed by atoms with van der Waals surface area (Å²) in [5.74, 6) is 0.291. The van der Waals surface area contributed by atoms with Crippen LogP contribution in [-0.4, -0.2) is 31.5 Å². The molecule has 22 heavy (non-hydrogen) atoms. The number of benzene rings is 1. The maximum absolute atomic E-state index is 11.7. The molecule has 0 spiro atoms. The quantitative estimate of drug-likeness (QED) is 0.755. The molecule has 0 aliphatic rings. The third-order valence-electron chi connectivity index (χ3n) is 3.05. The second kappa shape index (κ2) is 8.63. The van der Waals surface area contributed by atoms with Crippen LogP contribution in [0.5, 0.6) is 5.75 Å². The van der Waals surface area contributed by atoms with Crippen molar-refractivity contribution in [1.82, 2.24) is 10.6 Å². The van der Waals surface area contributed by atoms with Crippen LogP contribution in [0.25, 0.3) is 0 Å². The fourth-order valence-corrected chi connectivity index (χ4v) is 1.89. The molecule has 1 aromatic carbocycles. The molecule has 0 bridgehead atoms. The average Bonchev–Trinajstić information content (AvgIpc) is 2.46. The van der Waals surface area contributed by atoms with Gasteiger partial charge in [0.1, 0.15) is 5.75 Å². The Kier molecular flexibility index (Phi) is 7.18. The minimum Gasteiger partial charge on any atom is -0.484 e. The molecule has 1 aromatic rings. The molecule has 5 nitrogen and oxygen atoms in total. The minimum absolute atomic E-state index is 0.0300. The van der Waals surface area contributed by atoms with Gasteiger partial charge in [-0.1, -0.05) is 25.4 Å². The maximum atomic E-state index is 11.7. The van der Waals surface area contributed by atoms with Gasteiger partial charge in [-0.25, -0.2) is 0 Å². The topological polar surface area (TPSA) is 67.4 Å². The molecule has 0 aliphatic carbocycles.